The number of halogens is 1. The Labute approximate surface area is 172 Å². The van der Waals surface area contributed by atoms with Crippen LogP contribution in [0.4, 0.5) is 5.69 Å². The normalized spacial score (nSPS) is 13.7. The summed E-state index contributed by atoms with van der Waals surface area (Å²) in [5, 5.41) is 3.38. The molecule has 2 aromatic rings. The molecular weight excluding hydrogens is 396 g/mol. The summed E-state index contributed by atoms with van der Waals surface area (Å²) < 4.78 is 26.0. The second kappa shape index (κ2) is 8.53. The monoisotopic (exact) mass is 422 g/mol. The van der Waals surface area contributed by atoms with Crippen LogP contribution in [0.25, 0.3) is 0 Å². The quantitative estimate of drug-likeness (QED) is 0.754. The van der Waals surface area contributed by atoms with Crippen molar-refractivity contribution >= 4 is 33.2 Å². The molecule has 0 saturated carbocycles. The fourth-order valence-corrected chi connectivity index (χ4v) is 4.51. The van der Waals surface area contributed by atoms with E-state index in [1.807, 2.05) is 45.9 Å². The number of amides is 1. The van der Waals surface area contributed by atoms with E-state index in [1.54, 1.807) is 25.1 Å². The SMILES string of the molecule is Cc1ccc(C)c([C@@H](C)NC(=O)[C@@H](C)N(c2ccc(C)c(Cl)c2)S(C)(=O)=O)c1. The minimum Gasteiger partial charge on any atom is -0.348 e. The molecule has 2 rings (SSSR count). The first-order valence-corrected chi connectivity index (χ1v) is 11.3. The molecule has 0 aromatic heterocycles. The number of anilines is 1. The highest BCUT2D eigenvalue weighted by atomic mass is 35.5. The number of aryl methyl sites for hydroxylation is 3. The number of rotatable bonds is 6. The van der Waals surface area contributed by atoms with Gasteiger partial charge in [0.2, 0.25) is 15.9 Å². The minimum absolute atomic E-state index is 0.252. The molecule has 0 heterocycles. The predicted molar refractivity (Wildman–Crippen MR) is 115 cm³/mol. The van der Waals surface area contributed by atoms with Crippen molar-refractivity contribution < 1.29 is 13.2 Å². The maximum atomic E-state index is 12.9. The Morgan fingerprint density at radius 3 is 2.21 bits per heavy atom. The zero-order chi connectivity index (χ0) is 21.2. The Kier molecular flexibility index (Phi) is 6.78. The summed E-state index contributed by atoms with van der Waals surface area (Å²) in [6.07, 6.45) is 1.08. The topological polar surface area (TPSA) is 66.5 Å². The van der Waals surface area contributed by atoms with E-state index in [9.17, 15) is 13.2 Å². The molecule has 1 N–H and O–H groups in total. The van der Waals surface area contributed by atoms with E-state index < -0.39 is 16.1 Å². The molecule has 0 unspecified atom stereocenters. The van der Waals surface area contributed by atoms with Gasteiger partial charge in [0.15, 0.2) is 0 Å². The summed E-state index contributed by atoms with van der Waals surface area (Å²) in [6, 6.07) is 9.82. The van der Waals surface area contributed by atoms with Crippen LogP contribution in [0.2, 0.25) is 5.02 Å². The highest BCUT2D eigenvalue weighted by molar-refractivity contribution is 7.92. The zero-order valence-corrected chi connectivity index (χ0v) is 18.6. The summed E-state index contributed by atoms with van der Waals surface area (Å²) in [5.74, 6) is -0.379. The molecule has 5 nitrogen and oxygen atoms in total. The van der Waals surface area contributed by atoms with Gasteiger partial charge in [-0.15, -0.1) is 0 Å². The lowest BCUT2D eigenvalue weighted by atomic mass is 10.00. The van der Waals surface area contributed by atoms with Crippen molar-refractivity contribution in [2.75, 3.05) is 10.6 Å². The largest absolute Gasteiger partial charge is 0.348 e. The number of nitrogens with one attached hydrogen (secondary N) is 1. The molecule has 152 valence electrons. The number of carbonyl (C=O) groups excluding carboxylic acids is 1. The van der Waals surface area contributed by atoms with Crippen LogP contribution in [0.15, 0.2) is 36.4 Å². The lowest BCUT2D eigenvalue weighted by Gasteiger charge is -2.30. The van der Waals surface area contributed by atoms with Gasteiger partial charge in [-0.2, -0.15) is 0 Å². The van der Waals surface area contributed by atoms with Crippen LogP contribution in [-0.4, -0.2) is 26.6 Å². The first-order valence-electron chi connectivity index (χ1n) is 9.05. The van der Waals surface area contributed by atoms with Gasteiger partial charge in [-0.25, -0.2) is 8.42 Å². The van der Waals surface area contributed by atoms with E-state index in [4.69, 9.17) is 11.6 Å². The lowest BCUT2D eigenvalue weighted by molar-refractivity contribution is -0.122. The molecule has 0 saturated heterocycles. The van der Waals surface area contributed by atoms with Crippen molar-refractivity contribution in [1.82, 2.24) is 5.32 Å². The fourth-order valence-electron chi connectivity index (χ4n) is 3.17. The van der Waals surface area contributed by atoms with Crippen molar-refractivity contribution in [3.63, 3.8) is 0 Å². The van der Waals surface area contributed by atoms with Crippen molar-refractivity contribution in [3.8, 4) is 0 Å². The molecule has 28 heavy (non-hydrogen) atoms. The second-order valence-electron chi connectivity index (χ2n) is 7.26. The Balaban J connectivity index is 2.31. The molecule has 2 aromatic carbocycles. The van der Waals surface area contributed by atoms with Gasteiger partial charge in [0, 0.05) is 5.02 Å². The molecule has 0 aliphatic rings. The zero-order valence-electron chi connectivity index (χ0n) is 17.1. The van der Waals surface area contributed by atoms with Crippen molar-refractivity contribution in [2.24, 2.45) is 0 Å². The minimum atomic E-state index is -3.69. The second-order valence-corrected chi connectivity index (χ2v) is 9.53. The summed E-state index contributed by atoms with van der Waals surface area (Å²) in [7, 11) is -3.69. The van der Waals surface area contributed by atoms with Crippen molar-refractivity contribution in [2.45, 2.75) is 46.7 Å². The molecule has 1 amide bonds. The Morgan fingerprint density at radius 1 is 1.04 bits per heavy atom. The number of hydrogen-bond acceptors (Lipinski definition) is 3. The first-order chi connectivity index (χ1) is 12.9. The molecule has 0 bridgehead atoms. The summed E-state index contributed by atoms with van der Waals surface area (Å²) in [4.78, 5) is 12.9. The summed E-state index contributed by atoms with van der Waals surface area (Å²) in [5.41, 5.74) is 4.36. The maximum Gasteiger partial charge on any atom is 0.244 e. The Bertz CT molecular complexity index is 989. The van der Waals surface area contributed by atoms with Crippen LogP contribution in [0.1, 0.15) is 42.1 Å². The van der Waals surface area contributed by atoms with Crippen molar-refractivity contribution in [3.05, 3.63) is 63.7 Å². The van der Waals surface area contributed by atoms with E-state index in [2.05, 4.69) is 5.32 Å². The van der Waals surface area contributed by atoms with Crippen LogP contribution in [0.3, 0.4) is 0 Å². The molecule has 0 aliphatic heterocycles. The van der Waals surface area contributed by atoms with Crippen LogP contribution in [0, 0.1) is 20.8 Å². The van der Waals surface area contributed by atoms with E-state index in [0.717, 1.165) is 32.8 Å². The molecule has 2 atom stereocenters. The van der Waals surface area contributed by atoms with Gasteiger partial charge in [-0.1, -0.05) is 41.4 Å². The van der Waals surface area contributed by atoms with E-state index in [1.165, 1.54) is 0 Å². The molecule has 0 spiro atoms. The number of carbonyl (C=O) groups is 1. The third-order valence-electron chi connectivity index (χ3n) is 4.76. The molecule has 0 radical (unpaired) electrons. The first kappa shape index (κ1) is 22.2. The number of hydrogen-bond donors (Lipinski definition) is 1. The molecular formula is C21H27ClN2O3S. The molecule has 0 fully saturated rings. The van der Waals surface area contributed by atoms with Gasteiger partial charge in [0.05, 0.1) is 18.0 Å². The van der Waals surface area contributed by atoms with Gasteiger partial charge in [-0.3, -0.25) is 9.10 Å². The maximum absolute atomic E-state index is 12.9. The van der Waals surface area contributed by atoms with Crippen molar-refractivity contribution in [1.29, 1.82) is 0 Å². The summed E-state index contributed by atoms with van der Waals surface area (Å²) >= 11 is 6.17. The van der Waals surface area contributed by atoms with Crippen LogP contribution in [-0.2, 0) is 14.8 Å². The fraction of sp³-hybridized carbons (Fsp3) is 0.381. The van der Waals surface area contributed by atoms with Gasteiger partial charge in [-0.05, 0) is 63.4 Å². The highest BCUT2D eigenvalue weighted by Crippen LogP contribution is 2.27. The lowest BCUT2D eigenvalue weighted by Crippen LogP contribution is -2.48. The van der Waals surface area contributed by atoms with Gasteiger partial charge in [0.25, 0.3) is 0 Å². The van der Waals surface area contributed by atoms with Crippen LogP contribution >= 0.6 is 11.6 Å². The Hall–Kier alpha value is -2.05. The van der Waals surface area contributed by atoms with Gasteiger partial charge >= 0.3 is 0 Å². The van der Waals surface area contributed by atoms with Crippen LogP contribution < -0.4 is 9.62 Å². The van der Waals surface area contributed by atoms with Crippen LogP contribution in [0.5, 0.6) is 0 Å². The van der Waals surface area contributed by atoms with E-state index in [-0.39, 0.29) is 11.9 Å². The smallest absolute Gasteiger partial charge is 0.244 e. The number of benzene rings is 2. The predicted octanol–water partition coefficient (Wildman–Crippen LogP) is 4.30. The average molecular weight is 423 g/mol. The Morgan fingerprint density at radius 2 is 1.64 bits per heavy atom. The molecule has 7 heteroatoms. The molecule has 0 aliphatic carbocycles. The average Bonchev–Trinajstić information content (AvgIpc) is 2.58. The summed E-state index contributed by atoms with van der Waals surface area (Å²) in [6.45, 7) is 9.27. The highest BCUT2D eigenvalue weighted by Gasteiger charge is 2.30. The standard InChI is InChI=1S/C21H27ClN2O3S/c1-13-7-8-14(2)19(11-13)16(4)23-21(25)17(5)24(28(6,26)27)18-10-9-15(3)20(22)12-18/h7-12,16-17H,1-6H3,(H,23,25)/t16-,17-/m1/s1. The third-order valence-corrected chi connectivity index (χ3v) is 6.41. The van der Waals surface area contributed by atoms with Gasteiger partial charge < -0.3 is 5.32 Å². The van der Waals surface area contributed by atoms with E-state index >= 15 is 0 Å². The number of nitrogens with zero attached hydrogens (tertiary/aromatic N) is 1. The number of sulfonamides is 1. The van der Waals surface area contributed by atoms with E-state index in [0.29, 0.717) is 10.7 Å². The third kappa shape index (κ3) is 5.06. The van der Waals surface area contributed by atoms with Gasteiger partial charge in [0.1, 0.15) is 6.04 Å².